The van der Waals surface area contributed by atoms with E-state index in [0.29, 0.717) is 6.07 Å². The summed E-state index contributed by atoms with van der Waals surface area (Å²) in [6, 6.07) is 9.15. The third-order valence-corrected chi connectivity index (χ3v) is 6.12. The molecule has 0 bridgehead atoms. The molecule has 0 amide bonds. The molecular weight excluding hydrogens is 500 g/mol. The number of hydrogen-bond donors (Lipinski definition) is 3. The molecule has 1 aliphatic carbocycles. The topological polar surface area (TPSA) is 136 Å². The van der Waals surface area contributed by atoms with Crippen molar-refractivity contribution in [2.24, 2.45) is 0 Å². The fourth-order valence-electron chi connectivity index (χ4n) is 3.71. The van der Waals surface area contributed by atoms with Crippen molar-refractivity contribution in [1.29, 1.82) is 0 Å². The molecule has 0 radical (unpaired) electrons. The van der Waals surface area contributed by atoms with Crippen molar-refractivity contribution in [2.75, 3.05) is 18.2 Å². The Kier molecular flexibility index (Phi) is 7.08. The van der Waals surface area contributed by atoms with Gasteiger partial charge in [0.2, 0.25) is 0 Å². The molecule has 0 spiro atoms. The third-order valence-electron chi connectivity index (χ3n) is 5.23. The van der Waals surface area contributed by atoms with Crippen LogP contribution in [-0.2, 0) is 16.3 Å². The van der Waals surface area contributed by atoms with Crippen molar-refractivity contribution >= 4 is 68.3 Å². The standard InChI is InChI=1S/C22H15F3N2O6S.Na.H/c1-33-12-7-10(22(23,24)25)6-11(8-12)27-15-9-16(34(30,31)32)19(26)18-17(15)20(28)13-4-2-3-5-14(13)21(18)29;;/h2-9,27H,26H2,1H3,(H,30,31,32);;. The monoisotopic (exact) mass is 516 g/mol. The fraction of sp³-hybridized carbons (Fsp3) is 0.0909. The molecule has 0 aliphatic heterocycles. The number of benzene rings is 3. The zero-order chi connectivity index (χ0) is 25.0. The van der Waals surface area contributed by atoms with Crippen LogP contribution in [0.1, 0.15) is 37.4 Å². The van der Waals surface area contributed by atoms with Crippen LogP contribution < -0.4 is 15.8 Å². The predicted octanol–water partition coefficient (Wildman–Crippen LogP) is 3.41. The number of nitrogen functional groups attached to an aromatic ring is 1. The molecular formula is C22H16F3N2NaO6S. The second kappa shape index (κ2) is 9.28. The van der Waals surface area contributed by atoms with Gasteiger partial charge in [0, 0.05) is 22.9 Å². The Morgan fingerprint density at radius 2 is 1.54 bits per heavy atom. The van der Waals surface area contributed by atoms with E-state index >= 15 is 0 Å². The molecule has 3 aromatic rings. The van der Waals surface area contributed by atoms with Gasteiger partial charge >= 0.3 is 35.7 Å². The molecule has 3 aromatic carbocycles. The van der Waals surface area contributed by atoms with E-state index in [-0.39, 0.29) is 63.4 Å². The van der Waals surface area contributed by atoms with Gasteiger partial charge in [0.25, 0.3) is 10.1 Å². The minimum atomic E-state index is -4.98. The number of alkyl halides is 3. The van der Waals surface area contributed by atoms with E-state index in [1.807, 2.05) is 0 Å². The second-order valence-electron chi connectivity index (χ2n) is 7.34. The minimum absolute atomic E-state index is 0. The average Bonchev–Trinajstić information content (AvgIpc) is 2.76. The molecule has 0 saturated heterocycles. The predicted molar refractivity (Wildman–Crippen MR) is 122 cm³/mol. The van der Waals surface area contributed by atoms with Crippen LogP contribution in [0.3, 0.4) is 0 Å². The zero-order valence-corrected chi connectivity index (χ0v) is 18.0. The van der Waals surface area contributed by atoms with E-state index in [4.69, 9.17) is 10.5 Å². The number of methoxy groups -OCH3 is 1. The third kappa shape index (κ3) is 4.80. The zero-order valence-electron chi connectivity index (χ0n) is 17.2. The summed E-state index contributed by atoms with van der Waals surface area (Å²) in [5, 5.41) is 2.56. The summed E-state index contributed by atoms with van der Waals surface area (Å²) in [4.78, 5) is 25.5. The van der Waals surface area contributed by atoms with E-state index < -0.39 is 49.6 Å². The maximum absolute atomic E-state index is 13.3. The molecule has 0 fully saturated rings. The van der Waals surface area contributed by atoms with Gasteiger partial charge in [-0.3, -0.25) is 14.1 Å². The van der Waals surface area contributed by atoms with Gasteiger partial charge in [-0.2, -0.15) is 21.6 Å². The van der Waals surface area contributed by atoms with Crippen LogP contribution in [-0.4, -0.2) is 61.2 Å². The number of carbonyl (C=O) groups is 2. The first kappa shape index (κ1) is 26.7. The van der Waals surface area contributed by atoms with Crippen molar-refractivity contribution in [3.8, 4) is 5.75 Å². The molecule has 13 heteroatoms. The van der Waals surface area contributed by atoms with E-state index in [9.17, 15) is 35.7 Å². The number of ketones is 2. The van der Waals surface area contributed by atoms with Gasteiger partial charge in [0.15, 0.2) is 11.6 Å². The fourth-order valence-corrected chi connectivity index (χ4v) is 4.36. The molecule has 4 rings (SSSR count). The summed E-state index contributed by atoms with van der Waals surface area (Å²) >= 11 is 0. The first-order valence-electron chi connectivity index (χ1n) is 9.48. The molecule has 0 saturated carbocycles. The average molecular weight is 516 g/mol. The number of carbonyl (C=O) groups excluding carboxylic acids is 2. The summed E-state index contributed by atoms with van der Waals surface area (Å²) in [5.74, 6) is -1.66. The van der Waals surface area contributed by atoms with Crippen LogP contribution >= 0.6 is 0 Å². The Balaban J connectivity index is 0.00000342. The van der Waals surface area contributed by atoms with Gasteiger partial charge in [-0.25, -0.2) is 0 Å². The summed E-state index contributed by atoms with van der Waals surface area (Å²) in [5.41, 5.74) is 2.72. The Morgan fingerprint density at radius 1 is 0.971 bits per heavy atom. The van der Waals surface area contributed by atoms with E-state index in [1.54, 1.807) is 0 Å². The van der Waals surface area contributed by atoms with Crippen molar-refractivity contribution in [3.63, 3.8) is 0 Å². The number of nitrogens with one attached hydrogen (secondary N) is 1. The number of nitrogens with two attached hydrogens (primary N) is 1. The number of rotatable bonds is 4. The number of anilines is 3. The van der Waals surface area contributed by atoms with Gasteiger partial charge in [0.1, 0.15) is 10.6 Å². The summed E-state index contributed by atoms with van der Waals surface area (Å²) in [6.45, 7) is 0. The van der Waals surface area contributed by atoms with Crippen LogP contribution in [0.5, 0.6) is 5.75 Å². The molecule has 0 aromatic heterocycles. The number of hydrogen-bond acceptors (Lipinski definition) is 7. The quantitative estimate of drug-likeness (QED) is 0.213. The second-order valence-corrected chi connectivity index (χ2v) is 8.73. The van der Waals surface area contributed by atoms with Crippen LogP contribution in [0.15, 0.2) is 53.4 Å². The maximum atomic E-state index is 13.3. The molecule has 0 atom stereocenters. The van der Waals surface area contributed by atoms with Crippen LogP contribution in [0.25, 0.3) is 0 Å². The Hall–Kier alpha value is -2.90. The number of halogens is 3. The van der Waals surface area contributed by atoms with Crippen LogP contribution in [0.4, 0.5) is 30.2 Å². The Morgan fingerprint density at radius 3 is 2.06 bits per heavy atom. The van der Waals surface area contributed by atoms with Crippen molar-refractivity contribution in [2.45, 2.75) is 11.1 Å². The first-order chi connectivity index (χ1) is 15.8. The Labute approximate surface area is 219 Å². The molecule has 35 heavy (non-hydrogen) atoms. The van der Waals surface area contributed by atoms with E-state index in [0.717, 1.165) is 19.2 Å². The van der Waals surface area contributed by atoms with Gasteiger partial charge in [-0.05, 0) is 18.2 Å². The molecule has 0 unspecified atom stereocenters. The van der Waals surface area contributed by atoms with Crippen LogP contribution in [0.2, 0.25) is 0 Å². The number of fused-ring (bicyclic) bond motifs is 2. The van der Waals surface area contributed by atoms with Crippen LogP contribution in [0, 0.1) is 0 Å². The molecule has 178 valence electrons. The van der Waals surface area contributed by atoms with Crippen molar-refractivity contribution in [3.05, 3.63) is 76.3 Å². The summed E-state index contributed by atoms with van der Waals surface area (Å²) in [6.07, 6.45) is -4.74. The summed E-state index contributed by atoms with van der Waals surface area (Å²) in [7, 11) is -3.82. The van der Waals surface area contributed by atoms with Gasteiger partial charge in [-0.1, -0.05) is 24.3 Å². The molecule has 8 nitrogen and oxygen atoms in total. The molecule has 4 N–H and O–H groups in total. The van der Waals surface area contributed by atoms with Crippen molar-refractivity contribution in [1.82, 2.24) is 0 Å². The van der Waals surface area contributed by atoms with Gasteiger partial charge in [-0.15, -0.1) is 0 Å². The van der Waals surface area contributed by atoms with Crippen molar-refractivity contribution < 1.29 is 40.5 Å². The first-order valence-corrected chi connectivity index (χ1v) is 10.9. The summed E-state index contributed by atoms with van der Waals surface area (Å²) < 4.78 is 78.5. The number of ether oxygens (including phenoxy) is 1. The Bertz CT molecular complexity index is 1490. The molecule has 1 aliphatic rings. The molecule has 0 heterocycles. The SMILES string of the molecule is COc1cc(Nc2cc(S(=O)(=O)O)c(N)c3c2C(=O)c2ccccc2C3=O)cc(C(F)(F)F)c1.[NaH]. The van der Waals surface area contributed by atoms with E-state index in [1.165, 1.54) is 30.3 Å². The van der Waals surface area contributed by atoms with Gasteiger partial charge < -0.3 is 15.8 Å². The normalized spacial score (nSPS) is 12.9. The van der Waals surface area contributed by atoms with Gasteiger partial charge in [0.05, 0.1) is 35.2 Å². The van der Waals surface area contributed by atoms with E-state index in [2.05, 4.69) is 5.32 Å².